The highest BCUT2D eigenvalue weighted by Crippen LogP contribution is 2.19. The molecule has 2 atom stereocenters. The number of allylic oxidation sites excluding steroid dienone is 1. The molecule has 15 heavy (non-hydrogen) atoms. The zero-order chi connectivity index (χ0) is 11.3. The van der Waals surface area contributed by atoms with Gasteiger partial charge in [0.2, 0.25) is 0 Å². The smallest absolute Gasteiger partial charge is 0.126 e. The molecule has 1 rings (SSSR count). The van der Waals surface area contributed by atoms with Crippen molar-refractivity contribution in [2.45, 2.75) is 38.7 Å². The van der Waals surface area contributed by atoms with Crippen LogP contribution in [0.5, 0.6) is 0 Å². The summed E-state index contributed by atoms with van der Waals surface area (Å²) in [6.45, 7) is 6.24. The molecule has 0 fully saturated rings. The molecule has 2 unspecified atom stereocenters. The normalized spacial score (nSPS) is 27.1. The van der Waals surface area contributed by atoms with E-state index in [0.29, 0.717) is 0 Å². The van der Waals surface area contributed by atoms with Gasteiger partial charge in [-0.15, -0.1) is 16.9 Å². The monoisotopic (exact) mass is 229 g/mol. The van der Waals surface area contributed by atoms with Gasteiger partial charge in [0.15, 0.2) is 0 Å². The summed E-state index contributed by atoms with van der Waals surface area (Å²) in [6, 6.07) is 0.188. The van der Waals surface area contributed by atoms with Crippen molar-refractivity contribution < 1.29 is 0 Å². The van der Waals surface area contributed by atoms with Crippen LogP contribution in [0.25, 0.3) is 0 Å². The number of hydrogen-bond acceptors (Lipinski definition) is 5. The Bertz CT molecular complexity index is 263. The molecule has 0 saturated heterocycles. The number of rotatable bonds is 4. The lowest BCUT2D eigenvalue weighted by molar-refractivity contribution is 0.488. The summed E-state index contributed by atoms with van der Waals surface area (Å²) >= 11 is 1.87. The topological polar surface area (TPSA) is 74.8 Å². The minimum Gasteiger partial charge on any atom is -0.363 e. The number of nitrogens with one attached hydrogen (secondary N) is 2. The average Bonchev–Trinajstić information content (AvgIpc) is 2.20. The van der Waals surface area contributed by atoms with E-state index in [9.17, 15) is 0 Å². The summed E-state index contributed by atoms with van der Waals surface area (Å²) in [7, 11) is 0. The summed E-state index contributed by atoms with van der Waals surface area (Å²) in [4.78, 5) is 0. The van der Waals surface area contributed by atoms with E-state index in [2.05, 4.69) is 34.8 Å². The predicted octanol–water partition coefficient (Wildman–Crippen LogP) is 1.55. The van der Waals surface area contributed by atoms with Gasteiger partial charge in [-0.25, -0.2) is 0 Å². The van der Waals surface area contributed by atoms with Crippen LogP contribution in [0.4, 0.5) is 0 Å². The van der Waals surface area contributed by atoms with Crippen LogP contribution >= 0.6 is 11.8 Å². The van der Waals surface area contributed by atoms with E-state index >= 15 is 0 Å². The standard InChI is InChI=1S/C9H19N5S/c1-4-5-15-9-11-6(2)8(13-14-10)7(3)12-9/h6,9,11-12H,4-5H2,1-3H3,(H2,10,13). The van der Waals surface area contributed by atoms with Gasteiger partial charge in [0.25, 0.3) is 0 Å². The van der Waals surface area contributed by atoms with Gasteiger partial charge >= 0.3 is 0 Å². The fourth-order valence-electron chi connectivity index (χ4n) is 1.49. The molecule has 0 aromatic rings. The summed E-state index contributed by atoms with van der Waals surface area (Å²) in [6.07, 6.45) is 1.18. The first kappa shape index (κ1) is 12.3. The van der Waals surface area contributed by atoms with Crippen molar-refractivity contribution in [2.24, 2.45) is 16.2 Å². The molecule has 1 aliphatic heterocycles. The fraction of sp³-hybridized carbons (Fsp3) is 0.778. The molecule has 6 heteroatoms. The lowest BCUT2D eigenvalue weighted by Crippen LogP contribution is -2.49. The first-order valence-electron chi connectivity index (χ1n) is 5.15. The second-order valence-corrected chi connectivity index (χ2v) is 4.72. The lowest BCUT2D eigenvalue weighted by Gasteiger charge is -2.31. The summed E-state index contributed by atoms with van der Waals surface area (Å²) in [5, 5.41) is 14.0. The Balaban J connectivity index is 2.62. The Kier molecular flexibility index (Phi) is 4.90. The Morgan fingerprint density at radius 3 is 2.80 bits per heavy atom. The van der Waals surface area contributed by atoms with Gasteiger partial charge in [0.05, 0.1) is 6.04 Å². The highest BCUT2D eigenvalue weighted by Gasteiger charge is 2.23. The van der Waals surface area contributed by atoms with Crippen LogP contribution in [-0.4, -0.2) is 17.3 Å². The van der Waals surface area contributed by atoms with Crippen molar-refractivity contribution in [1.82, 2.24) is 10.6 Å². The molecule has 1 aliphatic rings. The zero-order valence-corrected chi connectivity index (χ0v) is 10.3. The van der Waals surface area contributed by atoms with E-state index in [0.717, 1.165) is 17.1 Å². The van der Waals surface area contributed by atoms with Gasteiger partial charge in [0, 0.05) is 5.70 Å². The van der Waals surface area contributed by atoms with Gasteiger partial charge in [-0.1, -0.05) is 12.1 Å². The van der Waals surface area contributed by atoms with Crippen LogP contribution in [0.15, 0.2) is 21.7 Å². The van der Waals surface area contributed by atoms with Crippen molar-refractivity contribution >= 4 is 11.8 Å². The molecule has 0 spiro atoms. The van der Waals surface area contributed by atoms with Gasteiger partial charge in [-0.3, -0.25) is 5.32 Å². The SMILES string of the molecule is CCCSC1NC(C)=C(N=NN)C(C)N1. The van der Waals surface area contributed by atoms with E-state index in [1.807, 2.05) is 18.7 Å². The van der Waals surface area contributed by atoms with Crippen LogP contribution in [0.1, 0.15) is 27.2 Å². The molecule has 1 heterocycles. The first-order valence-corrected chi connectivity index (χ1v) is 6.19. The van der Waals surface area contributed by atoms with Crippen molar-refractivity contribution in [3.05, 3.63) is 11.4 Å². The van der Waals surface area contributed by atoms with Crippen LogP contribution < -0.4 is 16.5 Å². The molecule has 0 radical (unpaired) electrons. The van der Waals surface area contributed by atoms with Crippen molar-refractivity contribution in [3.63, 3.8) is 0 Å². The van der Waals surface area contributed by atoms with Crippen molar-refractivity contribution in [3.8, 4) is 0 Å². The summed E-state index contributed by atoms with van der Waals surface area (Å²) < 4.78 is 0. The molecular formula is C9H19N5S. The minimum absolute atomic E-state index is 0.188. The van der Waals surface area contributed by atoms with Gasteiger partial charge in [-0.05, 0) is 26.0 Å². The molecule has 0 amide bonds. The van der Waals surface area contributed by atoms with E-state index < -0.39 is 0 Å². The third kappa shape index (κ3) is 3.39. The van der Waals surface area contributed by atoms with Gasteiger partial charge in [-0.2, -0.15) is 0 Å². The quantitative estimate of drug-likeness (QED) is 0.388. The van der Waals surface area contributed by atoms with E-state index in [1.54, 1.807) is 0 Å². The Hall–Kier alpha value is -0.750. The molecule has 0 bridgehead atoms. The highest BCUT2D eigenvalue weighted by molar-refractivity contribution is 7.99. The highest BCUT2D eigenvalue weighted by atomic mass is 32.2. The molecular weight excluding hydrogens is 210 g/mol. The van der Waals surface area contributed by atoms with Crippen LogP contribution in [-0.2, 0) is 0 Å². The maximum Gasteiger partial charge on any atom is 0.126 e. The molecule has 5 nitrogen and oxygen atoms in total. The van der Waals surface area contributed by atoms with Crippen LogP contribution in [0.3, 0.4) is 0 Å². The van der Waals surface area contributed by atoms with Gasteiger partial charge in [0.1, 0.15) is 11.2 Å². The second-order valence-electron chi connectivity index (χ2n) is 3.51. The summed E-state index contributed by atoms with van der Waals surface area (Å²) in [5.74, 6) is 6.20. The number of thioether (sulfide) groups is 1. The predicted molar refractivity (Wildman–Crippen MR) is 64.0 cm³/mol. The van der Waals surface area contributed by atoms with Crippen molar-refractivity contribution in [1.29, 1.82) is 0 Å². The maximum absolute atomic E-state index is 5.06. The lowest BCUT2D eigenvalue weighted by atomic mass is 10.2. The van der Waals surface area contributed by atoms with Crippen LogP contribution in [0.2, 0.25) is 0 Å². The molecule has 0 aromatic carbocycles. The number of nitrogens with two attached hydrogens (primary N) is 1. The Morgan fingerprint density at radius 2 is 2.27 bits per heavy atom. The largest absolute Gasteiger partial charge is 0.363 e. The van der Waals surface area contributed by atoms with E-state index in [-0.39, 0.29) is 11.5 Å². The second kappa shape index (κ2) is 5.97. The summed E-state index contributed by atoms with van der Waals surface area (Å²) in [5.41, 5.74) is 2.19. The molecule has 86 valence electrons. The molecule has 0 aliphatic carbocycles. The maximum atomic E-state index is 5.06. The molecule has 0 aromatic heterocycles. The fourth-order valence-corrected chi connectivity index (χ4v) is 2.52. The number of hydrogen-bond donors (Lipinski definition) is 3. The number of nitrogens with zero attached hydrogens (tertiary/aromatic N) is 2. The van der Waals surface area contributed by atoms with E-state index in [4.69, 9.17) is 5.84 Å². The van der Waals surface area contributed by atoms with Gasteiger partial charge < -0.3 is 11.2 Å². The Labute approximate surface area is 94.9 Å². The molecule has 4 N–H and O–H groups in total. The Morgan fingerprint density at radius 1 is 1.53 bits per heavy atom. The van der Waals surface area contributed by atoms with E-state index in [1.165, 1.54) is 6.42 Å². The third-order valence-corrected chi connectivity index (χ3v) is 3.43. The van der Waals surface area contributed by atoms with Crippen LogP contribution in [0, 0.1) is 0 Å². The average molecular weight is 229 g/mol. The van der Waals surface area contributed by atoms with Crippen molar-refractivity contribution in [2.75, 3.05) is 5.75 Å². The third-order valence-electron chi connectivity index (χ3n) is 2.20. The zero-order valence-electron chi connectivity index (χ0n) is 9.45. The minimum atomic E-state index is 0.188. The molecule has 0 saturated carbocycles. The first-order chi connectivity index (χ1) is 7.19.